The Morgan fingerprint density at radius 1 is 1.28 bits per heavy atom. The van der Waals surface area contributed by atoms with Crippen LogP contribution in [0.4, 0.5) is 11.6 Å². The number of anilines is 2. The highest BCUT2D eigenvalue weighted by molar-refractivity contribution is 5.98. The lowest BCUT2D eigenvalue weighted by Gasteiger charge is -2.09. The molecule has 0 aliphatic heterocycles. The molecule has 0 unspecified atom stereocenters. The Hall–Kier alpha value is -3.09. The lowest BCUT2D eigenvalue weighted by molar-refractivity contribution is -0.117. The number of fused-ring (bicyclic) bond motifs is 1. The molecule has 1 aliphatic carbocycles. The van der Waals surface area contributed by atoms with Gasteiger partial charge in [0.25, 0.3) is 0 Å². The van der Waals surface area contributed by atoms with E-state index >= 15 is 0 Å². The molecular formula is C18H19N5O2. The lowest BCUT2D eigenvalue weighted by atomic mass is 10.1. The van der Waals surface area contributed by atoms with E-state index in [0.29, 0.717) is 11.5 Å². The van der Waals surface area contributed by atoms with Crippen LogP contribution in [0, 0.1) is 5.92 Å². The number of nitrogens with one attached hydrogen (secondary N) is 3. The van der Waals surface area contributed by atoms with Crippen molar-refractivity contribution in [2.24, 2.45) is 5.92 Å². The van der Waals surface area contributed by atoms with Gasteiger partial charge in [0.15, 0.2) is 0 Å². The number of carbonyl (C=O) groups is 1. The first kappa shape index (κ1) is 15.4. The van der Waals surface area contributed by atoms with Crippen LogP contribution >= 0.6 is 0 Å². The number of nitrogens with zero attached hydrogens (tertiary/aromatic N) is 2. The van der Waals surface area contributed by atoms with E-state index in [0.717, 1.165) is 40.9 Å². The highest BCUT2D eigenvalue weighted by atomic mass is 16.5. The standard InChI is InChI=1S/C18H19N5O2/c1-19-16-7-14(25-2)13(9-20-16)12-8-21-17-11(12)5-6-15(22-17)23-18(24)10-3-4-10/h5-10H,3-4H2,1-2H3,(H,19,20)(H2,21,22,23,24). The van der Waals surface area contributed by atoms with Gasteiger partial charge in [-0.05, 0) is 25.0 Å². The molecule has 3 aromatic rings. The summed E-state index contributed by atoms with van der Waals surface area (Å²) >= 11 is 0. The molecule has 1 fully saturated rings. The van der Waals surface area contributed by atoms with Gasteiger partial charge in [-0.3, -0.25) is 4.79 Å². The van der Waals surface area contributed by atoms with Gasteiger partial charge >= 0.3 is 0 Å². The summed E-state index contributed by atoms with van der Waals surface area (Å²) in [7, 11) is 3.45. The zero-order chi connectivity index (χ0) is 17.4. The minimum absolute atomic E-state index is 0.0483. The van der Waals surface area contributed by atoms with Crippen LogP contribution in [0.15, 0.2) is 30.6 Å². The number of H-pyrrole nitrogens is 1. The van der Waals surface area contributed by atoms with E-state index in [1.165, 1.54) is 0 Å². The maximum atomic E-state index is 11.9. The van der Waals surface area contributed by atoms with Gasteiger partial charge in [0.1, 0.15) is 23.0 Å². The largest absolute Gasteiger partial charge is 0.496 e. The highest BCUT2D eigenvalue weighted by Gasteiger charge is 2.29. The Bertz CT molecular complexity index is 946. The van der Waals surface area contributed by atoms with Gasteiger partial charge < -0.3 is 20.4 Å². The molecule has 4 rings (SSSR count). The summed E-state index contributed by atoms with van der Waals surface area (Å²) < 4.78 is 5.50. The van der Waals surface area contributed by atoms with Crippen molar-refractivity contribution in [3.05, 3.63) is 30.6 Å². The third-order valence-corrected chi connectivity index (χ3v) is 4.37. The molecule has 0 spiro atoms. The quantitative estimate of drug-likeness (QED) is 0.665. The molecule has 128 valence electrons. The summed E-state index contributed by atoms with van der Waals surface area (Å²) in [5, 5.41) is 6.81. The van der Waals surface area contributed by atoms with Crippen molar-refractivity contribution >= 4 is 28.6 Å². The average Bonchev–Trinajstić information content (AvgIpc) is 3.41. The number of aromatic amines is 1. The SMILES string of the molecule is CNc1cc(OC)c(-c2c[nH]c3nc(NC(=O)C4CC4)ccc23)cn1. The van der Waals surface area contributed by atoms with E-state index in [1.54, 1.807) is 13.3 Å². The number of hydrogen-bond acceptors (Lipinski definition) is 5. The predicted molar refractivity (Wildman–Crippen MR) is 96.8 cm³/mol. The summed E-state index contributed by atoms with van der Waals surface area (Å²) in [6.45, 7) is 0. The molecule has 7 nitrogen and oxygen atoms in total. The fourth-order valence-electron chi connectivity index (χ4n) is 2.82. The van der Waals surface area contributed by atoms with Crippen LogP contribution in [0.3, 0.4) is 0 Å². The van der Waals surface area contributed by atoms with Crippen LogP contribution in [-0.2, 0) is 4.79 Å². The molecule has 0 saturated heterocycles. The molecule has 0 aromatic carbocycles. The van der Waals surface area contributed by atoms with E-state index in [4.69, 9.17) is 4.74 Å². The van der Waals surface area contributed by atoms with Crippen molar-refractivity contribution in [3.8, 4) is 16.9 Å². The summed E-state index contributed by atoms with van der Waals surface area (Å²) in [5.74, 6) is 2.23. The van der Waals surface area contributed by atoms with Crippen LogP contribution in [0.2, 0.25) is 0 Å². The van der Waals surface area contributed by atoms with Gasteiger partial charge in [-0.2, -0.15) is 0 Å². The van der Waals surface area contributed by atoms with E-state index in [-0.39, 0.29) is 11.8 Å². The molecule has 1 saturated carbocycles. The number of pyridine rings is 2. The Balaban J connectivity index is 1.70. The van der Waals surface area contributed by atoms with Crippen LogP contribution in [0.25, 0.3) is 22.2 Å². The zero-order valence-corrected chi connectivity index (χ0v) is 14.1. The van der Waals surface area contributed by atoms with Gasteiger partial charge in [0.2, 0.25) is 5.91 Å². The van der Waals surface area contributed by atoms with Crippen molar-refractivity contribution < 1.29 is 9.53 Å². The molecule has 1 amide bonds. The summed E-state index contributed by atoms with van der Waals surface area (Å²) in [6.07, 6.45) is 5.59. The maximum absolute atomic E-state index is 11.9. The second kappa shape index (κ2) is 6.08. The molecule has 25 heavy (non-hydrogen) atoms. The second-order valence-electron chi connectivity index (χ2n) is 6.08. The van der Waals surface area contributed by atoms with Crippen molar-refractivity contribution in [2.75, 3.05) is 24.8 Å². The van der Waals surface area contributed by atoms with E-state index in [1.807, 2.05) is 31.4 Å². The maximum Gasteiger partial charge on any atom is 0.228 e. The van der Waals surface area contributed by atoms with Crippen molar-refractivity contribution in [1.82, 2.24) is 15.0 Å². The lowest BCUT2D eigenvalue weighted by Crippen LogP contribution is -2.14. The number of carbonyl (C=O) groups excluding carboxylic acids is 1. The van der Waals surface area contributed by atoms with Gasteiger partial charge in [0, 0.05) is 47.9 Å². The monoisotopic (exact) mass is 337 g/mol. The Labute approximate surface area is 144 Å². The molecule has 3 heterocycles. The zero-order valence-electron chi connectivity index (χ0n) is 14.1. The fraction of sp³-hybridized carbons (Fsp3) is 0.278. The van der Waals surface area contributed by atoms with Crippen LogP contribution in [0.1, 0.15) is 12.8 Å². The summed E-state index contributed by atoms with van der Waals surface area (Å²) in [5.41, 5.74) is 2.54. The minimum Gasteiger partial charge on any atom is -0.496 e. The Kier molecular flexibility index (Phi) is 3.76. The third-order valence-electron chi connectivity index (χ3n) is 4.37. The third kappa shape index (κ3) is 2.88. The number of hydrogen-bond donors (Lipinski definition) is 3. The Morgan fingerprint density at radius 3 is 2.84 bits per heavy atom. The predicted octanol–water partition coefficient (Wildman–Crippen LogP) is 3.02. The topological polar surface area (TPSA) is 91.9 Å². The van der Waals surface area contributed by atoms with E-state index in [2.05, 4.69) is 25.6 Å². The molecule has 0 bridgehead atoms. The number of amides is 1. The molecule has 0 atom stereocenters. The van der Waals surface area contributed by atoms with Crippen molar-refractivity contribution in [2.45, 2.75) is 12.8 Å². The highest BCUT2D eigenvalue weighted by Crippen LogP contribution is 2.36. The normalized spacial score (nSPS) is 13.7. The minimum atomic E-state index is 0.0483. The van der Waals surface area contributed by atoms with Crippen molar-refractivity contribution in [3.63, 3.8) is 0 Å². The molecule has 0 radical (unpaired) electrons. The molecule has 1 aliphatic rings. The van der Waals surface area contributed by atoms with Gasteiger partial charge in [-0.25, -0.2) is 9.97 Å². The summed E-state index contributed by atoms with van der Waals surface area (Å²) in [6, 6.07) is 5.62. The van der Waals surface area contributed by atoms with Gasteiger partial charge in [-0.1, -0.05) is 0 Å². The molecule has 3 N–H and O–H groups in total. The van der Waals surface area contributed by atoms with E-state index in [9.17, 15) is 4.79 Å². The first-order chi connectivity index (χ1) is 12.2. The first-order valence-electron chi connectivity index (χ1n) is 8.20. The fourth-order valence-corrected chi connectivity index (χ4v) is 2.82. The average molecular weight is 337 g/mol. The number of rotatable bonds is 5. The molecule has 3 aromatic heterocycles. The first-order valence-corrected chi connectivity index (χ1v) is 8.20. The number of aromatic nitrogens is 3. The van der Waals surface area contributed by atoms with Crippen LogP contribution in [0.5, 0.6) is 5.75 Å². The molecule has 7 heteroatoms. The van der Waals surface area contributed by atoms with Gasteiger partial charge in [-0.15, -0.1) is 0 Å². The summed E-state index contributed by atoms with van der Waals surface area (Å²) in [4.78, 5) is 23.9. The smallest absolute Gasteiger partial charge is 0.228 e. The number of ether oxygens (including phenoxy) is 1. The van der Waals surface area contributed by atoms with Crippen LogP contribution < -0.4 is 15.4 Å². The van der Waals surface area contributed by atoms with E-state index < -0.39 is 0 Å². The number of methoxy groups -OCH3 is 1. The van der Waals surface area contributed by atoms with Crippen molar-refractivity contribution in [1.29, 1.82) is 0 Å². The Morgan fingerprint density at radius 2 is 2.12 bits per heavy atom. The van der Waals surface area contributed by atoms with Crippen LogP contribution in [-0.4, -0.2) is 35.0 Å². The van der Waals surface area contributed by atoms with Gasteiger partial charge in [0.05, 0.1) is 7.11 Å². The second-order valence-corrected chi connectivity index (χ2v) is 6.08. The molecular weight excluding hydrogens is 318 g/mol.